The number of hydrazone groups is 1. The van der Waals surface area contributed by atoms with Gasteiger partial charge in [0.05, 0.1) is 6.42 Å². The van der Waals surface area contributed by atoms with E-state index in [1.54, 1.807) is 19.1 Å². The summed E-state index contributed by atoms with van der Waals surface area (Å²) in [4.78, 5) is 23.3. The summed E-state index contributed by atoms with van der Waals surface area (Å²) in [6.45, 7) is 7.44. The van der Waals surface area contributed by atoms with Gasteiger partial charge < -0.3 is 5.32 Å². The highest BCUT2D eigenvalue weighted by Crippen LogP contribution is 2.02. The summed E-state index contributed by atoms with van der Waals surface area (Å²) in [5.74, 6) is -0.389. The molecule has 2 N–H and O–H groups in total. The van der Waals surface area contributed by atoms with E-state index in [-0.39, 0.29) is 24.3 Å². The van der Waals surface area contributed by atoms with Crippen LogP contribution >= 0.6 is 0 Å². The van der Waals surface area contributed by atoms with Crippen molar-refractivity contribution >= 4 is 17.5 Å². The van der Waals surface area contributed by atoms with Crippen molar-refractivity contribution in [3.05, 3.63) is 35.4 Å². The maximum atomic E-state index is 11.8. The summed E-state index contributed by atoms with van der Waals surface area (Å²) in [5.41, 5.74) is 4.63. The summed E-state index contributed by atoms with van der Waals surface area (Å²) in [6.07, 6.45) is 0.173. The molecular formula is C15H21N3O2. The van der Waals surface area contributed by atoms with Crippen LogP contribution in [-0.2, 0) is 4.79 Å². The first-order chi connectivity index (χ1) is 9.38. The molecule has 5 nitrogen and oxygen atoms in total. The molecule has 0 unspecified atom stereocenters. The van der Waals surface area contributed by atoms with Crippen LogP contribution in [0.3, 0.4) is 0 Å². The van der Waals surface area contributed by atoms with Crippen LogP contribution in [0.1, 0.15) is 43.1 Å². The average molecular weight is 275 g/mol. The summed E-state index contributed by atoms with van der Waals surface area (Å²) in [7, 11) is 0. The molecule has 108 valence electrons. The van der Waals surface area contributed by atoms with Crippen molar-refractivity contribution in [3.63, 3.8) is 0 Å². The Bertz CT molecular complexity index is 504. The predicted octanol–water partition coefficient (Wildman–Crippen LogP) is 2.02. The van der Waals surface area contributed by atoms with Crippen molar-refractivity contribution < 1.29 is 9.59 Å². The fourth-order valence-electron chi connectivity index (χ4n) is 1.56. The molecule has 0 atom stereocenters. The Kier molecular flexibility index (Phi) is 5.90. The zero-order valence-corrected chi connectivity index (χ0v) is 12.4. The third-order valence-electron chi connectivity index (χ3n) is 2.53. The number of rotatable bonds is 5. The molecule has 0 aliphatic heterocycles. The fourth-order valence-corrected chi connectivity index (χ4v) is 1.56. The van der Waals surface area contributed by atoms with E-state index in [9.17, 15) is 9.59 Å². The van der Waals surface area contributed by atoms with E-state index in [1.165, 1.54) is 0 Å². The Morgan fingerprint density at radius 2 is 1.80 bits per heavy atom. The molecule has 0 bridgehead atoms. The number of amides is 2. The molecule has 0 aliphatic carbocycles. The van der Waals surface area contributed by atoms with Crippen molar-refractivity contribution in [3.8, 4) is 0 Å². The number of carbonyl (C=O) groups excluding carboxylic acids is 2. The lowest BCUT2D eigenvalue weighted by molar-refractivity contribution is -0.120. The first-order valence-corrected chi connectivity index (χ1v) is 6.58. The van der Waals surface area contributed by atoms with Gasteiger partial charge in [0.2, 0.25) is 5.91 Å². The number of aryl methyl sites for hydroxylation is 1. The maximum Gasteiger partial charge on any atom is 0.271 e. The van der Waals surface area contributed by atoms with Crippen LogP contribution in [0, 0.1) is 6.92 Å². The van der Waals surface area contributed by atoms with Gasteiger partial charge in [0.25, 0.3) is 5.91 Å². The number of hydrogen-bond acceptors (Lipinski definition) is 3. The van der Waals surface area contributed by atoms with Crippen molar-refractivity contribution in [2.75, 3.05) is 0 Å². The van der Waals surface area contributed by atoms with Gasteiger partial charge in [-0.05, 0) is 39.8 Å². The Labute approximate surface area is 119 Å². The molecular weight excluding hydrogens is 254 g/mol. The number of hydrogen-bond donors (Lipinski definition) is 2. The smallest absolute Gasteiger partial charge is 0.271 e. The first-order valence-electron chi connectivity index (χ1n) is 6.58. The highest BCUT2D eigenvalue weighted by Gasteiger charge is 2.07. The number of carbonyl (C=O) groups is 2. The molecule has 0 saturated carbocycles. The zero-order valence-electron chi connectivity index (χ0n) is 12.4. The van der Waals surface area contributed by atoms with E-state index in [0.717, 1.165) is 5.56 Å². The molecule has 5 heteroatoms. The Morgan fingerprint density at radius 3 is 2.35 bits per heavy atom. The molecule has 0 radical (unpaired) electrons. The van der Waals surface area contributed by atoms with Crippen molar-refractivity contribution in [2.24, 2.45) is 5.10 Å². The van der Waals surface area contributed by atoms with Gasteiger partial charge in [0, 0.05) is 17.3 Å². The van der Waals surface area contributed by atoms with E-state index < -0.39 is 0 Å². The second-order valence-electron chi connectivity index (χ2n) is 5.05. The Hall–Kier alpha value is -2.17. The zero-order chi connectivity index (χ0) is 15.1. The summed E-state index contributed by atoms with van der Waals surface area (Å²) >= 11 is 0. The van der Waals surface area contributed by atoms with Gasteiger partial charge >= 0.3 is 0 Å². The minimum absolute atomic E-state index is 0.0949. The van der Waals surface area contributed by atoms with Gasteiger partial charge in [-0.15, -0.1) is 0 Å². The van der Waals surface area contributed by atoms with Crippen molar-refractivity contribution in [2.45, 2.75) is 40.2 Å². The number of nitrogens with one attached hydrogen (secondary N) is 2. The van der Waals surface area contributed by atoms with E-state index in [1.807, 2.05) is 32.9 Å². The van der Waals surface area contributed by atoms with Gasteiger partial charge in [0.1, 0.15) is 0 Å². The summed E-state index contributed by atoms with van der Waals surface area (Å²) < 4.78 is 0. The number of benzene rings is 1. The summed E-state index contributed by atoms with van der Waals surface area (Å²) in [5, 5.41) is 6.69. The Morgan fingerprint density at radius 1 is 1.20 bits per heavy atom. The second-order valence-corrected chi connectivity index (χ2v) is 5.05. The molecule has 0 saturated heterocycles. The predicted molar refractivity (Wildman–Crippen MR) is 79.6 cm³/mol. The van der Waals surface area contributed by atoms with E-state index >= 15 is 0 Å². The molecule has 0 aliphatic rings. The van der Waals surface area contributed by atoms with Crippen LogP contribution in [0.15, 0.2) is 29.4 Å². The van der Waals surface area contributed by atoms with Gasteiger partial charge in [-0.25, -0.2) is 5.43 Å². The lowest BCUT2D eigenvalue weighted by Gasteiger charge is -2.08. The van der Waals surface area contributed by atoms with E-state index in [4.69, 9.17) is 0 Å². The topological polar surface area (TPSA) is 70.6 Å². The molecule has 0 aromatic heterocycles. The molecule has 1 aromatic carbocycles. The minimum atomic E-state index is -0.284. The minimum Gasteiger partial charge on any atom is -0.354 e. The normalized spacial score (nSPS) is 11.3. The average Bonchev–Trinajstić information content (AvgIpc) is 2.35. The van der Waals surface area contributed by atoms with Gasteiger partial charge in [-0.1, -0.05) is 17.7 Å². The van der Waals surface area contributed by atoms with Gasteiger partial charge in [-0.3, -0.25) is 9.59 Å². The molecule has 20 heavy (non-hydrogen) atoms. The van der Waals surface area contributed by atoms with Crippen molar-refractivity contribution in [1.29, 1.82) is 0 Å². The van der Waals surface area contributed by atoms with Crippen LogP contribution < -0.4 is 10.7 Å². The highest BCUT2D eigenvalue weighted by molar-refractivity contribution is 6.01. The summed E-state index contributed by atoms with van der Waals surface area (Å²) in [6, 6.07) is 7.29. The van der Waals surface area contributed by atoms with Crippen LogP contribution in [0.5, 0.6) is 0 Å². The van der Waals surface area contributed by atoms with Crippen LogP contribution in [-0.4, -0.2) is 23.6 Å². The van der Waals surface area contributed by atoms with Crippen LogP contribution in [0.25, 0.3) is 0 Å². The Balaban J connectivity index is 2.52. The fraction of sp³-hybridized carbons (Fsp3) is 0.400. The van der Waals surface area contributed by atoms with Crippen LogP contribution in [0.2, 0.25) is 0 Å². The molecule has 1 aromatic rings. The van der Waals surface area contributed by atoms with Crippen LogP contribution in [0.4, 0.5) is 0 Å². The molecule has 0 fully saturated rings. The third kappa shape index (κ3) is 5.65. The van der Waals surface area contributed by atoms with E-state index in [2.05, 4.69) is 15.8 Å². The lowest BCUT2D eigenvalue weighted by Crippen LogP contribution is -2.31. The lowest BCUT2D eigenvalue weighted by atomic mass is 10.1. The third-order valence-corrected chi connectivity index (χ3v) is 2.53. The maximum absolute atomic E-state index is 11.8. The SMILES string of the molecule is C/C(CC(=O)NC(C)C)=N/NC(=O)c1ccc(C)cc1. The second kappa shape index (κ2) is 7.43. The molecule has 0 spiro atoms. The highest BCUT2D eigenvalue weighted by atomic mass is 16.2. The molecule has 2 amide bonds. The number of nitrogens with zero attached hydrogens (tertiary/aromatic N) is 1. The first kappa shape index (κ1) is 15.9. The van der Waals surface area contributed by atoms with Crippen molar-refractivity contribution in [1.82, 2.24) is 10.7 Å². The molecule has 1 rings (SSSR count). The van der Waals surface area contributed by atoms with Gasteiger partial charge in [-0.2, -0.15) is 5.10 Å². The van der Waals surface area contributed by atoms with E-state index in [0.29, 0.717) is 11.3 Å². The largest absolute Gasteiger partial charge is 0.354 e. The molecule has 0 heterocycles. The monoisotopic (exact) mass is 275 g/mol. The standard InChI is InChI=1S/C15H21N3O2/c1-10(2)16-14(19)9-12(4)17-18-15(20)13-7-5-11(3)6-8-13/h5-8,10H,9H2,1-4H3,(H,16,19)(H,18,20)/b17-12-. The quantitative estimate of drug-likeness (QED) is 0.637. The van der Waals surface area contributed by atoms with Gasteiger partial charge in [0.15, 0.2) is 0 Å².